The quantitative estimate of drug-likeness (QED) is 0.100. The SMILES string of the molecule is C=CC(=O)OCC(O)C(C)OCCC[Si](CC)(CC)O[Si](CC)(CC)O[Si](C)(CC)CC. The highest BCUT2D eigenvalue weighted by Gasteiger charge is 2.46. The summed E-state index contributed by atoms with van der Waals surface area (Å²) in [5, 5.41) is 10.1. The van der Waals surface area contributed by atoms with Gasteiger partial charge in [-0.2, -0.15) is 0 Å². The lowest BCUT2D eigenvalue weighted by Crippen LogP contribution is -2.57. The van der Waals surface area contributed by atoms with Crippen molar-refractivity contribution in [3.05, 3.63) is 12.7 Å². The summed E-state index contributed by atoms with van der Waals surface area (Å²) in [6.07, 6.45) is 0.723. The topological polar surface area (TPSA) is 74.2 Å². The minimum atomic E-state index is -2.24. The summed E-state index contributed by atoms with van der Waals surface area (Å²) < 4.78 is 24.9. The molecule has 0 spiro atoms. The van der Waals surface area contributed by atoms with Crippen LogP contribution in [0.4, 0.5) is 0 Å². The van der Waals surface area contributed by atoms with Gasteiger partial charge in [-0.3, -0.25) is 0 Å². The molecule has 0 bridgehead atoms. The fraction of sp³-hybridized carbons (Fsp3) is 0.870. The van der Waals surface area contributed by atoms with Crippen LogP contribution in [0.5, 0.6) is 0 Å². The van der Waals surface area contributed by atoms with E-state index in [0.29, 0.717) is 6.61 Å². The first-order chi connectivity index (χ1) is 15.0. The minimum Gasteiger partial charge on any atom is -0.460 e. The largest absolute Gasteiger partial charge is 0.460 e. The van der Waals surface area contributed by atoms with Crippen molar-refractivity contribution in [2.24, 2.45) is 0 Å². The van der Waals surface area contributed by atoms with E-state index >= 15 is 0 Å². The van der Waals surface area contributed by atoms with Crippen molar-refractivity contribution in [1.29, 1.82) is 0 Å². The van der Waals surface area contributed by atoms with Crippen LogP contribution in [0.2, 0.25) is 48.9 Å². The number of aliphatic hydroxyl groups is 1. The van der Waals surface area contributed by atoms with E-state index in [4.69, 9.17) is 17.7 Å². The zero-order valence-corrected chi connectivity index (χ0v) is 25.0. The maximum Gasteiger partial charge on any atom is 0.330 e. The van der Waals surface area contributed by atoms with Crippen LogP contribution in [0.15, 0.2) is 12.7 Å². The number of esters is 1. The molecule has 0 rings (SSSR count). The number of carbonyl (C=O) groups is 1. The summed E-state index contributed by atoms with van der Waals surface area (Å²) in [7, 11) is -5.90. The Morgan fingerprint density at radius 3 is 1.97 bits per heavy atom. The number of hydrogen-bond acceptors (Lipinski definition) is 6. The van der Waals surface area contributed by atoms with Crippen LogP contribution >= 0.6 is 0 Å². The van der Waals surface area contributed by atoms with Crippen molar-refractivity contribution in [1.82, 2.24) is 0 Å². The fourth-order valence-electron chi connectivity index (χ4n) is 3.73. The van der Waals surface area contributed by atoms with Gasteiger partial charge >= 0.3 is 14.5 Å². The summed E-state index contributed by atoms with van der Waals surface area (Å²) in [6.45, 7) is 21.5. The summed E-state index contributed by atoms with van der Waals surface area (Å²) in [5.41, 5.74) is 0. The van der Waals surface area contributed by atoms with Crippen LogP contribution in [-0.2, 0) is 22.5 Å². The van der Waals surface area contributed by atoms with Gasteiger partial charge in [-0.1, -0.05) is 48.1 Å². The Morgan fingerprint density at radius 1 is 0.969 bits per heavy atom. The monoisotopic (exact) mass is 506 g/mol. The number of aliphatic hydroxyl groups excluding tert-OH is 1. The molecule has 2 unspecified atom stereocenters. The molecule has 0 aliphatic heterocycles. The normalized spacial score (nSPS) is 14.8. The third-order valence-corrected chi connectivity index (χ3v) is 22.6. The second kappa shape index (κ2) is 15.6. The van der Waals surface area contributed by atoms with Crippen LogP contribution in [0, 0.1) is 0 Å². The van der Waals surface area contributed by atoms with Gasteiger partial charge < -0.3 is 22.8 Å². The molecule has 0 saturated carbocycles. The van der Waals surface area contributed by atoms with Gasteiger partial charge in [0.1, 0.15) is 12.7 Å². The van der Waals surface area contributed by atoms with Gasteiger partial charge in [0, 0.05) is 12.7 Å². The molecule has 0 aromatic heterocycles. The van der Waals surface area contributed by atoms with Crippen LogP contribution in [-0.4, -0.2) is 61.7 Å². The van der Waals surface area contributed by atoms with Gasteiger partial charge in [-0.05, 0) is 62.2 Å². The third-order valence-electron chi connectivity index (χ3n) is 6.96. The first kappa shape index (κ1) is 31.7. The maximum absolute atomic E-state index is 11.2. The molecule has 0 heterocycles. The summed E-state index contributed by atoms with van der Waals surface area (Å²) in [6, 6.07) is 7.45. The minimum absolute atomic E-state index is 0.0896. The molecule has 9 heteroatoms. The molecule has 0 fully saturated rings. The van der Waals surface area contributed by atoms with Crippen LogP contribution < -0.4 is 0 Å². The van der Waals surface area contributed by atoms with E-state index in [1.165, 1.54) is 0 Å². The van der Waals surface area contributed by atoms with Crippen LogP contribution in [0.3, 0.4) is 0 Å². The number of rotatable bonds is 19. The molecule has 6 nitrogen and oxygen atoms in total. The van der Waals surface area contributed by atoms with Gasteiger partial charge in [0.25, 0.3) is 0 Å². The molecule has 0 saturated heterocycles. The fourth-order valence-corrected chi connectivity index (χ4v) is 19.0. The van der Waals surface area contributed by atoms with Crippen molar-refractivity contribution < 1.29 is 27.6 Å². The predicted molar refractivity (Wildman–Crippen MR) is 140 cm³/mol. The van der Waals surface area contributed by atoms with Crippen molar-refractivity contribution in [2.75, 3.05) is 13.2 Å². The first-order valence-electron chi connectivity index (χ1n) is 12.5. The highest BCUT2D eigenvalue weighted by atomic mass is 28.5. The smallest absolute Gasteiger partial charge is 0.330 e. The maximum atomic E-state index is 11.2. The molecule has 32 heavy (non-hydrogen) atoms. The van der Waals surface area contributed by atoms with E-state index in [9.17, 15) is 9.90 Å². The lowest BCUT2D eigenvalue weighted by Gasteiger charge is -2.44. The molecule has 0 aromatic rings. The molecule has 0 radical (unpaired) electrons. The Bertz CT molecular complexity index is 534. The molecule has 0 aromatic carbocycles. The van der Waals surface area contributed by atoms with E-state index in [1.54, 1.807) is 6.92 Å². The Labute approximate surface area is 200 Å². The van der Waals surface area contributed by atoms with Crippen LogP contribution in [0.25, 0.3) is 0 Å². The van der Waals surface area contributed by atoms with Crippen molar-refractivity contribution in [3.63, 3.8) is 0 Å². The van der Waals surface area contributed by atoms with E-state index in [2.05, 4.69) is 54.7 Å². The average Bonchev–Trinajstić information content (AvgIpc) is 2.83. The third kappa shape index (κ3) is 10.3. The van der Waals surface area contributed by atoms with E-state index < -0.39 is 43.4 Å². The molecular weight excluding hydrogens is 457 g/mol. The number of ether oxygens (including phenoxy) is 2. The van der Waals surface area contributed by atoms with E-state index in [0.717, 1.165) is 54.8 Å². The van der Waals surface area contributed by atoms with Crippen LogP contribution in [0.1, 0.15) is 54.9 Å². The Kier molecular flexibility index (Phi) is 15.4. The Morgan fingerprint density at radius 2 is 1.53 bits per heavy atom. The van der Waals surface area contributed by atoms with Crippen molar-refractivity contribution in [3.8, 4) is 0 Å². The first-order valence-corrected chi connectivity index (χ1v) is 20.1. The molecule has 0 aliphatic carbocycles. The van der Waals surface area contributed by atoms with Gasteiger partial charge in [-0.25, -0.2) is 4.79 Å². The predicted octanol–water partition coefficient (Wildman–Crippen LogP) is 5.99. The molecule has 190 valence electrons. The highest BCUT2D eigenvalue weighted by molar-refractivity contribution is 6.89. The molecule has 1 N–H and O–H groups in total. The van der Waals surface area contributed by atoms with E-state index in [1.807, 2.05) is 0 Å². The number of hydrogen-bond donors (Lipinski definition) is 1. The average molecular weight is 507 g/mol. The standard InChI is InChI=1S/C23H50O6Si3/c1-10-23(25)27-20-22(24)21(8)26-18-17-19-31(13-4,14-5)29-32(15-6,16-7)28-30(9,11-2)12-3/h10,21-22,24H,1,11-20H2,2-9H3. The Balaban J connectivity index is 5.01. The zero-order valence-electron chi connectivity index (χ0n) is 22.0. The second-order valence-corrected chi connectivity index (χ2v) is 22.4. The van der Waals surface area contributed by atoms with Gasteiger partial charge in [-0.15, -0.1) is 0 Å². The molecule has 0 amide bonds. The lowest BCUT2D eigenvalue weighted by molar-refractivity contribution is -0.144. The summed E-state index contributed by atoms with van der Waals surface area (Å²) in [4.78, 5) is 11.2. The molecule has 0 aliphatic rings. The molecular formula is C23H50O6Si3. The summed E-state index contributed by atoms with van der Waals surface area (Å²) >= 11 is 0. The van der Waals surface area contributed by atoms with Crippen molar-refractivity contribution in [2.45, 2.75) is 116 Å². The Hall–Kier alpha value is -0.299. The highest BCUT2D eigenvalue weighted by Crippen LogP contribution is 2.35. The van der Waals surface area contributed by atoms with E-state index in [-0.39, 0.29) is 6.61 Å². The van der Waals surface area contributed by atoms with Gasteiger partial charge in [0.15, 0.2) is 16.6 Å². The molecule has 2 atom stereocenters. The summed E-state index contributed by atoms with van der Waals surface area (Å²) in [5.74, 6) is -0.540. The van der Waals surface area contributed by atoms with Crippen molar-refractivity contribution >= 4 is 31.2 Å². The van der Waals surface area contributed by atoms with Gasteiger partial charge in [0.2, 0.25) is 0 Å². The zero-order chi connectivity index (χ0) is 24.8. The lowest BCUT2D eigenvalue weighted by atomic mass is 10.2. The number of carbonyl (C=O) groups excluding carboxylic acids is 1. The second-order valence-electron chi connectivity index (χ2n) is 8.95. The van der Waals surface area contributed by atoms with Gasteiger partial charge in [0.05, 0.1) is 6.10 Å².